The number of ether oxygens (including phenoxy) is 1. The molecule has 3 heteroatoms. The zero-order valence-electron chi connectivity index (χ0n) is 8.08. The molecule has 0 aliphatic heterocycles. The number of carbonyl (C=O) groups excluding carboxylic acids is 1. The Labute approximate surface area is 87.2 Å². The smallest absolute Gasteiger partial charge is 0.330 e. The van der Waals surface area contributed by atoms with Gasteiger partial charge in [0.2, 0.25) is 0 Å². The van der Waals surface area contributed by atoms with E-state index in [1.165, 1.54) is 23.1 Å². The summed E-state index contributed by atoms with van der Waals surface area (Å²) in [4.78, 5) is 12.5. The SMILES string of the molecule is COC(=O)C=C1CCc2sccc2C1. The molecule has 0 atom stereocenters. The largest absolute Gasteiger partial charge is 0.466 e. The molecule has 1 aliphatic carbocycles. The van der Waals surface area contributed by atoms with Crippen LogP contribution in [-0.2, 0) is 22.4 Å². The highest BCUT2D eigenvalue weighted by Crippen LogP contribution is 2.28. The molecule has 2 rings (SSSR count). The topological polar surface area (TPSA) is 26.3 Å². The van der Waals surface area contributed by atoms with E-state index in [-0.39, 0.29) is 5.97 Å². The highest BCUT2D eigenvalue weighted by atomic mass is 32.1. The summed E-state index contributed by atoms with van der Waals surface area (Å²) >= 11 is 1.81. The summed E-state index contributed by atoms with van der Waals surface area (Å²) in [5.74, 6) is -0.237. The second-order valence-corrected chi connectivity index (χ2v) is 4.37. The summed E-state index contributed by atoms with van der Waals surface area (Å²) < 4.78 is 4.61. The van der Waals surface area contributed by atoms with Crippen LogP contribution in [0.3, 0.4) is 0 Å². The van der Waals surface area contributed by atoms with Crippen LogP contribution in [0.15, 0.2) is 23.1 Å². The monoisotopic (exact) mass is 208 g/mol. The molecular weight excluding hydrogens is 196 g/mol. The maximum atomic E-state index is 11.0. The fraction of sp³-hybridized carbons (Fsp3) is 0.364. The predicted molar refractivity (Wildman–Crippen MR) is 56.4 cm³/mol. The van der Waals surface area contributed by atoms with E-state index in [9.17, 15) is 4.79 Å². The molecule has 1 aromatic heterocycles. The molecule has 1 heterocycles. The molecule has 14 heavy (non-hydrogen) atoms. The maximum Gasteiger partial charge on any atom is 0.330 e. The van der Waals surface area contributed by atoms with E-state index >= 15 is 0 Å². The highest BCUT2D eigenvalue weighted by Gasteiger charge is 2.14. The van der Waals surface area contributed by atoms with Crippen molar-refractivity contribution in [3.63, 3.8) is 0 Å². The van der Waals surface area contributed by atoms with Crippen LogP contribution in [0.5, 0.6) is 0 Å². The number of thiophene rings is 1. The Kier molecular flexibility index (Phi) is 2.68. The number of carbonyl (C=O) groups is 1. The molecule has 0 radical (unpaired) electrons. The van der Waals surface area contributed by atoms with Gasteiger partial charge in [0.1, 0.15) is 0 Å². The third-order valence-corrected chi connectivity index (χ3v) is 3.47. The lowest BCUT2D eigenvalue weighted by Gasteiger charge is -2.13. The van der Waals surface area contributed by atoms with E-state index in [4.69, 9.17) is 0 Å². The zero-order valence-corrected chi connectivity index (χ0v) is 8.89. The maximum absolute atomic E-state index is 11.0. The first kappa shape index (κ1) is 9.46. The number of fused-ring (bicyclic) bond motifs is 1. The Hall–Kier alpha value is -1.09. The average molecular weight is 208 g/mol. The number of rotatable bonds is 1. The van der Waals surface area contributed by atoms with Crippen molar-refractivity contribution in [3.8, 4) is 0 Å². The quantitative estimate of drug-likeness (QED) is 0.523. The molecule has 0 fully saturated rings. The van der Waals surface area contributed by atoms with Crippen LogP contribution in [0, 0.1) is 0 Å². The van der Waals surface area contributed by atoms with Crippen LogP contribution in [0.25, 0.3) is 0 Å². The molecule has 0 aromatic carbocycles. The zero-order chi connectivity index (χ0) is 9.97. The molecule has 1 aromatic rings. The minimum atomic E-state index is -0.237. The Morgan fingerprint density at radius 2 is 2.43 bits per heavy atom. The Morgan fingerprint density at radius 1 is 1.57 bits per heavy atom. The van der Waals surface area contributed by atoms with Crippen molar-refractivity contribution in [3.05, 3.63) is 33.5 Å². The molecule has 0 bridgehead atoms. The third kappa shape index (κ3) is 1.87. The van der Waals surface area contributed by atoms with Crippen LogP contribution in [-0.4, -0.2) is 13.1 Å². The van der Waals surface area contributed by atoms with Gasteiger partial charge in [-0.15, -0.1) is 11.3 Å². The number of methoxy groups -OCH3 is 1. The van der Waals surface area contributed by atoms with Gasteiger partial charge in [-0.1, -0.05) is 5.57 Å². The van der Waals surface area contributed by atoms with Gasteiger partial charge in [0, 0.05) is 11.0 Å². The Bertz CT molecular complexity index is 376. The Balaban J connectivity index is 2.15. The van der Waals surface area contributed by atoms with Gasteiger partial charge in [-0.3, -0.25) is 0 Å². The van der Waals surface area contributed by atoms with Crippen molar-refractivity contribution in [2.75, 3.05) is 7.11 Å². The minimum absolute atomic E-state index is 0.237. The van der Waals surface area contributed by atoms with Crippen molar-refractivity contribution in [2.24, 2.45) is 0 Å². The normalized spacial score (nSPS) is 17.9. The summed E-state index contributed by atoms with van der Waals surface area (Å²) in [7, 11) is 1.41. The molecule has 0 saturated carbocycles. The molecule has 0 saturated heterocycles. The van der Waals surface area contributed by atoms with Crippen LogP contribution in [0.4, 0.5) is 0 Å². The van der Waals surface area contributed by atoms with Crippen molar-refractivity contribution in [1.29, 1.82) is 0 Å². The molecule has 0 N–H and O–H groups in total. The number of hydrogen-bond acceptors (Lipinski definition) is 3. The molecule has 1 aliphatic rings. The van der Waals surface area contributed by atoms with E-state index in [1.807, 2.05) is 11.3 Å². The van der Waals surface area contributed by atoms with Crippen molar-refractivity contribution in [2.45, 2.75) is 19.3 Å². The average Bonchev–Trinajstić information content (AvgIpc) is 2.64. The number of allylic oxidation sites excluding steroid dienone is 1. The number of aryl methyl sites for hydroxylation is 1. The predicted octanol–water partition coefficient (Wildman–Crippen LogP) is 2.34. The first-order valence-electron chi connectivity index (χ1n) is 4.62. The fourth-order valence-electron chi connectivity index (χ4n) is 1.70. The lowest BCUT2D eigenvalue weighted by atomic mass is 9.94. The Morgan fingerprint density at radius 3 is 3.21 bits per heavy atom. The highest BCUT2D eigenvalue weighted by molar-refractivity contribution is 7.10. The second-order valence-electron chi connectivity index (χ2n) is 3.37. The summed E-state index contributed by atoms with van der Waals surface area (Å²) in [5, 5.41) is 2.12. The van der Waals surface area contributed by atoms with Crippen molar-refractivity contribution >= 4 is 17.3 Å². The van der Waals surface area contributed by atoms with Gasteiger partial charge in [-0.05, 0) is 36.3 Å². The summed E-state index contributed by atoms with van der Waals surface area (Å²) in [6.45, 7) is 0. The van der Waals surface area contributed by atoms with Crippen molar-refractivity contribution in [1.82, 2.24) is 0 Å². The minimum Gasteiger partial charge on any atom is -0.466 e. The molecule has 74 valence electrons. The van der Waals surface area contributed by atoms with Crippen LogP contribution >= 0.6 is 11.3 Å². The summed E-state index contributed by atoms with van der Waals surface area (Å²) in [5.41, 5.74) is 2.55. The molecule has 2 nitrogen and oxygen atoms in total. The standard InChI is InChI=1S/C11H12O2S/c1-13-11(12)7-8-2-3-10-9(6-8)4-5-14-10/h4-5,7H,2-3,6H2,1H3. The van der Waals surface area contributed by atoms with Gasteiger partial charge in [0.15, 0.2) is 0 Å². The molecule has 0 spiro atoms. The summed E-state index contributed by atoms with van der Waals surface area (Å²) in [6.07, 6.45) is 4.59. The lowest BCUT2D eigenvalue weighted by molar-refractivity contribution is -0.134. The van der Waals surface area contributed by atoms with Crippen LogP contribution < -0.4 is 0 Å². The van der Waals surface area contributed by atoms with Gasteiger partial charge >= 0.3 is 5.97 Å². The van der Waals surface area contributed by atoms with E-state index in [1.54, 1.807) is 6.08 Å². The summed E-state index contributed by atoms with van der Waals surface area (Å²) in [6, 6.07) is 2.14. The number of esters is 1. The van der Waals surface area contributed by atoms with Crippen molar-refractivity contribution < 1.29 is 9.53 Å². The third-order valence-electron chi connectivity index (χ3n) is 2.45. The van der Waals surface area contributed by atoms with Gasteiger partial charge in [0.25, 0.3) is 0 Å². The molecule has 0 amide bonds. The lowest BCUT2D eigenvalue weighted by Crippen LogP contribution is -2.05. The van der Waals surface area contributed by atoms with E-state index in [0.717, 1.165) is 19.3 Å². The number of hydrogen-bond donors (Lipinski definition) is 0. The second kappa shape index (κ2) is 3.96. The van der Waals surface area contributed by atoms with Gasteiger partial charge < -0.3 is 4.74 Å². The van der Waals surface area contributed by atoms with Gasteiger partial charge in [-0.25, -0.2) is 4.79 Å². The van der Waals surface area contributed by atoms with E-state index < -0.39 is 0 Å². The van der Waals surface area contributed by atoms with Gasteiger partial charge in [-0.2, -0.15) is 0 Å². The van der Waals surface area contributed by atoms with Crippen LogP contribution in [0.2, 0.25) is 0 Å². The van der Waals surface area contributed by atoms with E-state index in [0.29, 0.717) is 0 Å². The van der Waals surface area contributed by atoms with Crippen LogP contribution in [0.1, 0.15) is 16.9 Å². The fourth-order valence-corrected chi connectivity index (χ4v) is 2.61. The molecule has 0 unspecified atom stereocenters. The first-order chi connectivity index (χ1) is 6.79. The van der Waals surface area contributed by atoms with Gasteiger partial charge in [0.05, 0.1) is 7.11 Å². The first-order valence-corrected chi connectivity index (χ1v) is 5.50. The molecular formula is C11H12O2S. The van der Waals surface area contributed by atoms with E-state index in [2.05, 4.69) is 16.2 Å².